The molecule has 1 N–H and O–H groups in total. The van der Waals surface area contributed by atoms with Crippen molar-refractivity contribution in [3.63, 3.8) is 0 Å². The van der Waals surface area contributed by atoms with Gasteiger partial charge >= 0.3 is 0 Å². The van der Waals surface area contributed by atoms with E-state index in [0.717, 1.165) is 0 Å². The molecule has 0 saturated carbocycles. The van der Waals surface area contributed by atoms with Gasteiger partial charge in [0.05, 0.1) is 12.7 Å². The molecule has 0 spiro atoms. The van der Waals surface area contributed by atoms with Gasteiger partial charge in [-0.2, -0.15) is 0 Å². The van der Waals surface area contributed by atoms with E-state index in [4.69, 9.17) is 9.47 Å². The fraction of sp³-hybridized carbons (Fsp3) is 0.125. The molecule has 0 atom stereocenters. The molecule has 0 aliphatic heterocycles. The van der Waals surface area contributed by atoms with Gasteiger partial charge in [0, 0.05) is 5.69 Å². The van der Waals surface area contributed by atoms with Crippen LogP contribution in [0.2, 0.25) is 0 Å². The molecule has 0 aliphatic rings. The number of carbonyl (C=O) groups excluding carboxylic acids is 2. The van der Waals surface area contributed by atoms with Crippen LogP contribution in [-0.4, -0.2) is 25.9 Å². The molecular formula is C16H14FNO4. The number of hydrogen-bond acceptors (Lipinski definition) is 4. The number of methoxy groups -OCH3 is 1. The maximum atomic E-state index is 13.0. The first-order chi connectivity index (χ1) is 10.6. The highest BCUT2D eigenvalue weighted by molar-refractivity contribution is 5.92. The number of aldehydes is 1. The van der Waals surface area contributed by atoms with Crippen LogP contribution in [0.25, 0.3) is 0 Å². The molecular weight excluding hydrogens is 289 g/mol. The van der Waals surface area contributed by atoms with E-state index >= 15 is 0 Å². The molecule has 22 heavy (non-hydrogen) atoms. The average molecular weight is 303 g/mol. The van der Waals surface area contributed by atoms with Crippen molar-refractivity contribution in [1.82, 2.24) is 0 Å². The second-order valence-electron chi connectivity index (χ2n) is 4.37. The summed E-state index contributed by atoms with van der Waals surface area (Å²) in [6, 6.07) is 10.2. The Kier molecular flexibility index (Phi) is 5.08. The van der Waals surface area contributed by atoms with Gasteiger partial charge < -0.3 is 14.8 Å². The topological polar surface area (TPSA) is 64.6 Å². The SMILES string of the molecule is COc1ccc(OCC(=O)Nc2cccc(F)c2)c(C=O)c1. The summed E-state index contributed by atoms with van der Waals surface area (Å²) in [4.78, 5) is 22.7. The number of halogens is 1. The first kappa shape index (κ1) is 15.5. The largest absolute Gasteiger partial charge is 0.497 e. The zero-order valence-electron chi connectivity index (χ0n) is 11.8. The van der Waals surface area contributed by atoms with Gasteiger partial charge in [0.15, 0.2) is 12.9 Å². The summed E-state index contributed by atoms with van der Waals surface area (Å²) in [5.74, 6) is -0.126. The lowest BCUT2D eigenvalue weighted by atomic mass is 10.2. The van der Waals surface area contributed by atoms with Crippen molar-refractivity contribution in [2.75, 3.05) is 19.0 Å². The van der Waals surface area contributed by atoms with Crippen LogP contribution in [0, 0.1) is 5.82 Å². The predicted molar refractivity (Wildman–Crippen MR) is 78.9 cm³/mol. The average Bonchev–Trinajstić information content (AvgIpc) is 2.52. The van der Waals surface area contributed by atoms with Gasteiger partial charge in [0.2, 0.25) is 0 Å². The summed E-state index contributed by atoms with van der Waals surface area (Å²) in [5.41, 5.74) is 0.608. The van der Waals surface area contributed by atoms with Crippen molar-refractivity contribution in [2.24, 2.45) is 0 Å². The summed E-state index contributed by atoms with van der Waals surface area (Å²) in [5, 5.41) is 2.50. The number of amides is 1. The zero-order chi connectivity index (χ0) is 15.9. The molecule has 0 fully saturated rings. The molecule has 0 aliphatic carbocycles. The third-order valence-electron chi connectivity index (χ3n) is 2.81. The van der Waals surface area contributed by atoms with Crippen LogP contribution >= 0.6 is 0 Å². The third-order valence-corrected chi connectivity index (χ3v) is 2.81. The quantitative estimate of drug-likeness (QED) is 0.833. The van der Waals surface area contributed by atoms with E-state index < -0.39 is 11.7 Å². The Bertz CT molecular complexity index is 688. The summed E-state index contributed by atoms with van der Waals surface area (Å²) >= 11 is 0. The molecule has 6 heteroatoms. The Morgan fingerprint density at radius 3 is 2.77 bits per heavy atom. The monoisotopic (exact) mass is 303 g/mol. The second kappa shape index (κ2) is 7.21. The Labute approximate surface area is 126 Å². The molecule has 5 nitrogen and oxygen atoms in total. The lowest BCUT2D eigenvalue weighted by Gasteiger charge is -2.10. The van der Waals surface area contributed by atoms with E-state index in [1.807, 2.05) is 0 Å². The maximum absolute atomic E-state index is 13.0. The Hall–Kier alpha value is -2.89. The first-order valence-electron chi connectivity index (χ1n) is 6.44. The minimum atomic E-state index is -0.460. The molecule has 0 bridgehead atoms. The number of nitrogens with one attached hydrogen (secondary N) is 1. The molecule has 0 saturated heterocycles. The number of rotatable bonds is 6. The summed E-state index contributed by atoms with van der Waals surface area (Å²) in [7, 11) is 1.48. The van der Waals surface area contributed by atoms with Gasteiger partial charge in [-0.25, -0.2) is 4.39 Å². The van der Waals surface area contributed by atoms with E-state index in [2.05, 4.69) is 5.32 Å². The number of benzene rings is 2. The highest BCUT2D eigenvalue weighted by atomic mass is 19.1. The second-order valence-corrected chi connectivity index (χ2v) is 4.37. The zero-order valence-corrected chi connectivity index (χ0v) is 11.8. The highest BCUT2D eigenvalue weighted by Crippen LogP contribution is 2.22. The molecule has 0 heterocycles. The van der Waals surface area contributed by atoms with Crippen LogP contribution < -0.4 is 14.8 Å². The number of carbonyl (C=O) groups is 2. The van der Waals surface area contributed by atoms with Crippen molar-refractivity contribution < 1.29 is 23.5 Å². The Morgan fingerprint density at radius 2 is 2.09 bits per heavy atom. The van der Waals surface area contributed by atoms with Crippen LogP contribution in [0.15, 0.2) is 42.5 Å². The molecule has 0 radical (unpaired) electrons. The van der Waals surface area contributed by atoms with E-state index in [0.29, 0.717) is 17.7 Å². The lowest BCUT2D eigenvalue weighted by Crippen LogP contribution is -2.20. The summed E-state index contributed by atoms with van der Waals surface area (Å²) < 4.78 is 23.3. The van der Waals surface area contributed by atoms with Crippen LogP contribution in [-0.2, 0) is 4.79 Å². The van der Waals surface area contributed by atoms with Crippen LogP contribution in [0.4, 0.5) is 10.1 Å². The number of ether oxygens (including phenoxy) is 2. The van der Waals surface area contributed by atoms with Crippen LogP contribution in [0.1, 0.15) is 10.4 Å². The summed E-state index contributed by atoms with van der Waals surface area (Å²) in [6.07, 6.45) is 0.613. The van der Waals surface area contributed by atoms with Gasteiger partial charge in [-0.15, -0.1) is 0 Å². The fourth-order valence-electron chi connectivity index (χ4n) is 1.78. The lowest BCUT2D eigenvalue weighted by molar-refractivity contribution is -0.118. The molecule has 2 aromatic rings. The van der Waals surface area contributed by atoms with Gasteiger partial charge in [-0.05, 0) is 36.4 Å². The standard InChI is InChI=1S/C16H14FNO4/c1-21-14-5-6-15(11(7-14)9-19)22-10-16(20)18-13-4-2-3-12(17)8-13/h2-9H,10H2,1H3,(H,18,20). The van der Waals surface area contributed by atoms with Crippen molar-refractivity contribution in [3.8, 4) is 11.5 Å². The minimum absolute atomic E-state index is 0.269. The van der Waals surface area contributed by atoms with Crippen molar-refractivity contribution in [2.45, 2.75) is 0 Å². The molecule has 114 valence electrons. The van der Waals surface area contributed by atoms with E-state index in [-0.39, 0.29) is 17.9 Å². The van der Waals surface area contributed by atoms with Crippen LogP contribution in [0.3, 0.4) is 0 Å². The predicted octanol–water partition coefficient (Wildman–Crippen LogP) is 2.66. The highest BCUT2D eigenvalue weighted by Gasteiger charge is 2.08. The van der Waals surface area contributed by atoms with Gasteiger partial charge in [-0.3, -0.25) is 9.59 Å². The molecule has 0 aromatic heterocycles. The fourth-order valence-corrected chi connectivity index (χ4v) is 1.78. The molecule has 2 aromatic carbocycles. The van der Waals surface area contributed by atoms with Crippen molar-refractivity contribution >= 4 is 17.9 Å². The number of hydrogen-bond donors (Lipinski definition) is 1. The van der Waals surface area contributed by atoms with Gasteiger partial charge in [-0.1, -0.05) is 6.07 Å². The van der Waals surface area contributed by atoms with Crippen molar-refractivity contribution in [3.05, 3.63) is 53.8 Å². The molecule has 0 unspecified atom stereocenters. The minimum Gasteiger partial charge on any atom is -0.497 e. The van der Waals surface area contributed by atoms with Gasteiger partial charge in [0.25, 0.3) is 5.91 Å². The smallest absolute Gasteiger partial charge is 0.262 e. The Balaban J connectivity index is 1.97. The maximum Gasteiger partial charge on any atom is 0.262 e. The normalized spacial score (nSPS) is 9.91. The first-order valence-corrected chi connectivity index (χ1v) is 6.44. The third kappa shape index (κ3) is 4.05. The van der Waals surface area contributed by atoms with Crippen LogP contribution in [0.5, 0.6) is 11.5 Å². The molecule has 1 amide bonds. The van der Waals surface area contributed by atoms with E-state index in [1.165, 1.54) is 37.4 Å². The van der Waals surface area contributed by atoms with E-state index in [9.17, 15) is 14.0 Å². The van der Waals surface area contributed by atoms with Gasteiger partial charge in [0.1, 0.15) is 17.3 Å². The number of anilines is 1. The summed E-state index contributed by atoms with van der Waals surface area (Å²) in [6.45, 7) is -0.302. The van der Waals surface area contributed by atoms with E-state index in [1.54, 1.807) is 12.1 Å². The Morgan fingerprint density at radius 1 is 1.27 bits per heavy atom. The molecule has 2 rings (SSSR count). The van der Waals surface area contributed by atoms with Crippen molar-refractivity contribution in [1.29, 1.82) is 0 Å².